The average Bonchev–Trinajstić information content (AvgIpc) is 3.29. The molecule has 0 aromatic heterocycles. The van der Waals surface area contributed by atoms with Crippen LogP contribution in [0.25, 0.3) is 0 Å². The first kappa shape index (κ1) is 59.3. The Morgan fingerprint density at radius 1 is 0.476 bits per heavy atom. The molecule has 9 heteroatoms. The molecule has 1 N–H and O–H groups in total. The van der Waals surface area contributed by atoms with Crippen LogP contribution in [0.2, 0.25) is 0 Å². The van der Waals surface area contributed by atoms with Gasteiger partial charge in [0.25, 0.3) is 0 Å². The first-order valence-corrected chi connectivity index (χ1v) is 27.4. The molecule has 0 radical (unpaired) electrons. The van der Waals surface area contributed by atoms with Gasteiger partial charge in [0.05, 0.1) is 26.4 Å². The Morgan fingerprint density at radius 2 is 0.841 bits per heavy atom. The highest BCUT2D eigenvalue weighted by Crippen LogP contribution is 2.22. The molecule has 0 unspecified atom stereocenters. The molecule has 1 aliphatic heterocycles. The molecule has 0 saturated carbocycles. The summed E-state index contributed by atoms with van der Waals surface area (Å²) in [5.41, 5.74) is 0. The third-order valence-electron chi connectivity index (χ3n) is 13.5. The highest BCUT2D eigenvalue weighted by Gasteiger charge is 2.24. The SMILES string of the molecule is CCCCCCCCC(CCCCCCCC)COC(=O)CCCCCN1CCC(N(CCO)CCCCC(COC(=O)CCCCCCC)COC(=O)CCCCCCC)CC1. The number of nitrogens with zero attached hydrogens (tertiary/aromatic N) is 2. The Balaban J connectivity index is 2.41. The second-order valence-electron chi connectivity index (χ2n) is 19.4. The van der Waals surface area contributed by atoms with Gasteiger partial charge in [0, 0.05) is 37.8 Å². The fourth-order valence-electron chi connectivity index (χ4n) is 9.19. The van der Waals surface area contributed by atoms with Crippen LogP contribution in [0.1, 0.15) is 252 Å². The second-order valence-corrected chi connectivity index (χ2v) is 19.4. The Morgan fingerprint density at radius 3 is 1.29 bits per heavy atom. The monoisotopic (exact) mass is 893 g/mol. The van der Waals surface area contributed by atoms with E-state index in [1.807, 2.05) is 0 Å². The fraction of sp³-hybridized carbons (Fsp3) is 0.944. The lowest BCUT2D eigenvalue weighted by Crippen LogP contribution is -2.46. The van der Waals surface area contributed by atoms with Crippen molar-refractivity contribution in [3.63, 3.8) is 0 Å². The predicted octanol–water partition coefficient (Wildman–Crippen LogP) is 13.6. The third-order valence-corrected chi connectivity index (χ3v) is 13.5. The number of hydrogen-bond donors (Lipinski definition) is 1. The van der Waals surface area contributed by atoms with E-state index in [0.717, 1.165) is 116 Å². The van der Waals surface area contributed by atoms with E-state index in [2.05, 4.69) is 37.5 Å². The number of likely N-dealkylation sites (tertiary alicyclic amines) is 1. The van der Waals surface area contributed by atoms with Crippen LogP contribution in [0.15, 0.2) is 0 Å². The highest BCUT2D eigenvalue weighted by molar-refractivity contribution is 5.70. The molecule has 0 amide bonds. The van der Waals surface area contributed by atoms with E-state index in [0.29, 0.717) is 57.6 Å². The van der Waals surface area contributed by atoms with Crippen molar-refractivity contribution in [2.24, 2.45) is 11.8 Å². The summed E-state index contributed by atoms with van der Waals surface area (Å²) in [7, 11) is 0. The molecule has 1 saturated heterocycles. The second kappa shape index (κ2) is 44.1. The van der Waals surface area contributed by atoms with Crippen molar-refractivity contribution in [2.45, 2.75) is 258 Å². The maximum atomic E-state index is 12.7. The summed E-state index contributed by atoms with van der Waals surface area (Å²) in [6.45, 7) is 15.1. The number of ether oxygens (including phenoxy) is 3. The first-order chi connectivity index (χ1) is 30.9. The van der Waals surface area contributed by atoms with Crippen LogP contribution < -0.4 is 0 Å². The molecular formula is C54H104N2O7. The molecule has 0 aromatic carbocycles. The topological polar surface area (TPSA) is 106 Å². The van der Waals surface area contributed by atoms with E-state index >= 15 is 0 Å². The molecule has 0 aromatic rings. The number of carbonyl (C=O) groups excluding carboxylic acids is 3. The minimum Gasteiger partial charge on any atom is -0.465 e. The first-order valence-electron chi connectivity index (χ1n) is 27.4. The molecule has 1 heterocycles. The molecule has 1 aliphatic rings. The van der Waals surface area contributed by atoms with Crippen molar-refractivity contribution >= 4 is 17.9 Å². The number of aliphatic hydroxyl groups excluding tert-OH is 1. The van der Waals surface area contributed by atoms with E-state index in [1.165, 1.54) is 116 Å². The number of unbranched alkanes of at least 4 members (excludes halogenated alkanes) is 21. The summed E-state index contributed by atoms with van der Waals surface area (Å²) in [5.74, 6) is 0.228. The lowest BCUT2D eigenvalue weighted by Gasteiger charge is -2.38. The van der Waals surface area contributed by atoms with Crippen LogP contribution in [0.5, 0.6) is 0 Å². The number of rotatable bonds is 46. The van der Waals surface area contributed by atoms with E-state index < -0.39 is 0 Å². The van der Waals surface area contributed by atoms with Gasteiger partial charge in [0.2, 0.25) is 0 Å². The molecule has 0 spiro atoms. The number of aliphatic hydroxyl groups is 1. The van der Waals surface area contributed by atoms with Crippen LogP contribution >= 0.6 is 0 Å². The summed E-state index contributed by atoms with van der Waals surface area (Å²) < 4.78 is 17.3. The zero-order chi connectivity index (χ0) is 45.9. The molecule has 0 atom stereocenters. The number of piperidine rings is 1. The summed E-state index contributed by atoms with van der Waals surface area (Å²) in [4.78, 5) is 42.8. The van der Waals surface area contributed by atoms with E-state index in [1.54, 1.807) is 0 Å². The smallest absolute Gasteiger partial charge is 0.305 e. The van der Waals surface area contributed by atoms with Gasteiger partial charge in [-0.25, -0.2) is 0 Å². The van der Waals surface area contributed by atoms with Crippen LogP contribution in [0.4, 0.5) is 0 Å². The van der Waals surface area contributed by atoms with Gasteiger partial charge < -0.3 is 24.2 Å². The Labute approximate surface area is 389 Å². The van der Waals surface area contributed by atoms with Crippen LogP contribution in [-0.2, 0) is 28.6 Å². The largest absolute Gasteiger partial charge is 0.465 e. The van der Waals surface area contributed by atoms with Gasteiger partial charge >= 0.3 is 17.9 Å². The number of esters is 3. The van der Waals surface area contributed by atoms with E-state index in [4.69, 9.17) is 14.2 Å². The van der Waals surface area contributed by atoms with Gasteiger partial charge in [0.1, 0.15) is 0 Å². The van der Waals surface area contributed by atoms with E-state index in [-0.39, 0.29) is 30.4 Å². The minimum atomic E-state index is -0.143. The molecule has 9 nitrogen and oxygen atoms in total. The summed E-state index contributed by atoms with van der Waals surface area (Å²) in [5, 5.41) is 9.94. The quantitative estimate of drug-likeness (QED) is 0.0363. The zero-order valence-corrected chi connectivity index (χ0v) is 42.1. The van der Waals surface area contributed by atoms with Gasteiger partial charge in [-0.3, -0.25) is 19.3 Å². The summed E-state index contributed by atoms with van der Waals surface area (Å²) in [6.07, 6.45) is 38.7. The van der Waals surface area contributed by atoms with Gasteiger partial charge in [-0.05, 0) is 96.3 Å². The van der Waals surface area contributed by atoms with Crippen LogP contribution in [-0.4, -0.2) is 98.0 Å². The van der Waals surface area contributed by atoms with Crippen molar-refractivity contribution in [3.05, 3.63) is 0 Å². The molecule has 0 aliphatic carbocycles. The van der Waals surface area contributed by atoms with E-state index in [9.17, 15) is 19.5 Å². The standard InChI is InChI=1S/C54H104N2O7/c1-5-9-13-17-21-24-32-49(33-25-22-18-14-10-6-2)46-61-52(58)37-28-23-30-40-55-42-38-51(39-43-55)56(44-45-57)41-31-29-34-50(47-62-53(59)35-26-19-15-11-7-3)48-63-54(60)36-27-20-16-12-8-4/h49-51,57H,5-48H2,1-4H3. The predicted molar refractivity (Wildman–Crippen MR) is 263 cm³/mol. The molecule has 63 heavy (non-hydrogen) atoms. The fourth-order valence-corrected chi connectivity index (χ4v) is 9.19. The lowest BCUT2D eigenvalue weighted by molar-refractivity contribution is -0.149. The van der Waals surface area contributed by atoms with Crippen molar-refractivity contribution < 1.29 is 33.7 Å². The molecule has 372 valence electrons. The highest BCUT2D eigenvalue weighted by atomic mass is 16.5. The van der Waals surface area contributed by atoms with Crippen molar-refractivity contribution in [1.29, 1.82) is 0 Å². The number of hydrogen-bond acceptors (Lipinski definition) is 9. The summed E-state index contributed by atoms with van der Waals surface area (Å²) in [6, 6.07) is 0.474. The minimum absolute atomic E-state index is 0.00468. The maximum Gasteiger partial charge on any atom is 0.305 e. The van der Waals surface area contributed by atoms with Crippen LogP contribution in [0.3, 0.4) is 0 Å². The number of carbonyl (C=O) groups is 3. The Hall–Kier alpha value is -1.71. The summed E-state index contributed by atoms with van der Waals surface area (Å²) >= 11 is 0. The normalized spacial score (nSPS) is 13.7. The molecule has 1 fully saturated rings. The van der Waals surface area contributed by atoms with Crippen molar-refractivity contribution in [2.75, 3.05) is 59.2 Å². The molecular weight excluding hydrogens is 789 g/mol. The average molecular weight is 893 g/mol. The van der Waals surface area contributed by atoms with Gasteiger partial charge in [-0.1, -0.05) is 169 Å². The zero-order valence-electron chi connectivity index (χ0n) is 42.1. The van der Waals surface area contributed by atoms with Crippen molar-refractivity contribution in [1.82, 2.24) is 9.80 Å². The van der Waals surface area contributed by atoms with Gasteiger partial charge in [0.15, 0.2) is 0 Å². The maximum absolute atomic E-state index is 12.7. The third kappa shape index (κ3) is 36.1. The lowest BCUT2D eigenvalue weighted by atomic mass is 9.94. The van der Waals surface area contributed by atoms with Gasteiger partial charge in [-0.2, -0.15) is 0 Å². The molecule has 1 rings (SSSR count). The molecule has 0 bridgehead atoms. The Kier molecular flexibility index (Phi) is 41.6. The van der Waals surface area contributed by atoms with Crippen molar-refractivity contribution in [3.8, 4) is 0 Å². The Bertz CT molecular complexity index is 990. The van der Waals surface area contributed by atoms with Gasteiger partial charge in [-0.15, -0.1) is 0 Å². The van der Waals surface area contributed by atoms with Crippen LogP contribution in [0, 0.1) is 11.8 Å².